The number of hydrogen-bond acceptors (Lipinski definition) is 7. The topological polar surface area (TPSA) is 112 Å². The molecule has 1 aromatic heterocycles. The van der Waals surface area contributed by atoms with Crippen molar-refractivity contribution in [2.45, 2.75) is 13.0 Å². The molecule has 1 aliphatic rings. The number of rotatable bonds is 7. The fraction of sp³-hybridized carbons (Fsp3) is 0.269. The summed E-state index contributed by atoms with van der Waals surface area (Å²) in [4.78, 5) is 44.5. The lowest BCUT2D eigenvalue weighted by atomic mass is 9.95. The molecule has 1 atom stereocenters. The number of nitrogens with zero attached hydrogens (tertiary/aromatic N) is 2. The zero-order valence-electron chi connectivity index (χ0n) is 20.0. The molecule has 1 amide bonds. The van der Waals surface area contributed by atoms with Gasteiger partial charge < -0.3 is 29.4 Å². The molecule has 1 fully saturated rings. The molecule has 0 aliphatic carbocycles. The zero-order chi connectivity index (χ0) is 25.3. The SMILES string of the molecule is COc1ccc(C2/C(=C(\O)c3c[nH]c4ccccc34)C(=O)C(=O)N2CCN(C)C)cc1OC(C)=O. The van der Waals surface area contributed by atoms with Crippen molar-refractivity contribution in [3.8, 4) is 11.5 Å². The number of likely N-dealkylation sites (N-methyl/N-ethyl adjacent to an activating group) is 1. The van der Waals surface area contributed by atoms with E-state index in [9.17, 15) is 19.5 Å². The Morgan fingerprint density at radius 1 is 1.14 bits per heavy atom. The maximum atomic E-state index is 13.3. The number of hydrogen-bond donors (Lipinski definition) is 2. The van der Waals surface area contributed by atoms with Crippen LogP contribution < -0.4 is 9.47 Å². The van der Waals surface area contributed by atoms with Crippen LogP contribution in [-0.4, -0.2) is 71.8 Å². The van der Waals surface area contributed by atoms with Crippen LogP contribution in [0.15, 0.2) is 54.2 Å². The summed E-state index contributed by atoms with van der Waals surface area (Å²) >= 11 is 0. The zero-order valence-corrected chi connectivity index (χ0v) is 20.0. The molecule has 2 N–H and O–H groups in total. The molecule has 0 saturated carbocycles. The monoisotopic (exact) mass is 477 g/mol. The number of esters is 1. The highest BCUT2D eigenvalue weighted by Gasteiger charge is 2.46. The summed E-state index contributed by atoms with van der Waals surface area (Å²) in [5, 5.41) is 12.1. The van der Waals surface area contributed by atoms with Crippen LogP contribution in [0.4, 0.5) is 0 Å². The normalized spacial score (nSPS) is 17.4. The van der Waals surface area contributed by atoms with E-state index in [0.717, 1.165) is 10.9 Å². The first-order valence-electron chi connectivity index (χ1n) is 11.1. The molecule has 0 radical (unpaired) electrons. The van der Waals surface area contributed by atoms with Crippen molar-refractivity contribution >= 4 is 34.3 Å². The highest BCUT2D eigenvalue weighted by Crippen LogP contribution is 2.42. The van der Waals surface area contributed by atoms with Crippen LogP contribution in [0.1, 0.15) is 24.1 Å². The van der Waals surface area contributed by atoms with Gasteiger partial charge in [0.2, 0.25) is 0 Å². The smallest absolute Gasteiger partial charge is 0.308 e. The number of Topliss-reactive ketones (excluding diaryl/α,β-unsaturated/α-hetero) is 1. The lowest BCUT2D eigenvalue weighted by molar-refractivity contribution is -0.140. The summed E-state index contributed by atoms with van der Waals surface area (Å²) in [6.07, 6.45) is 1.61. The van der Waals surface area contributed by atoms with Gasteiger partial charge in [0.05, 0.1) is 18.7 Å². The highest BCUT2D eigenvalue weighted by atomic mass is 16.6. The standard InChI is InChI=1S/C26H27N3O6/c1-15(30)35-21-13-16(9-10-20(21)34-4)23-22(25(32)26(33)29(23)12-11-28(2)3)24(31)18-14-27-19-8-6-5-7-17(18)19/h5-10,13-14,23,27,31H,11-12H2,1-4H3/b24-22+. The molecule has 182 valence electrons. The molecular formula is C26H27N3O6. The van der Waals surface area contributed by atoms with Crippen molar-refractivity contribution in [3.05, 3.63) is 65.4 Å². The Morgan fingerprint density at radius 2 is 1.89 bits per heavy atom. The number of ether oxygens (including phenoxy) is 2. The van der Waals surface area contributed by atoms with Crippen LogP contribution in [0.25, 0.3) is 16.7 Å². The van der Waals surface area contributed by atoms with Crippen LogP contribution in [0.5, 0.6) is 11.5 Å². The molecule has 3 aromatic rings. The van der Waals surface area contributed by atoms with Gasteiger partial charge in [0, 0.05) is 42.7 Å². The van der Waals surface area contributed by atoms with E-state index in [1.807, 2.05) is 43.3 Å². The summed E-state index contributed by atoms with van der Waals surface area (Å²) < 4.78 is 10.6. The van der Waals surface area contributed by atoms with Crippen molar-refractivity contribution in [3.63, 3.8) is 0 Å². The first kappa shape index (κ1) is 24.0. The summed E-state index contributed by atoms with van der Waals surface area (Å²) in [6.45, 7) is 2.03. The Morgan fingerprint density at radius 3 is 2.57 bits per heavy atom. The summed E-state index contributed by atoms with van der Waals surface area (Å²) in [5.41, 5.74) is 1.68. The average molecular weight is 478 g/mol. The highest BCUT2D eigenvalue weighted by molar-refractivity contribution is 6.46. The third-order valence-electron chi connectivity index (χ3n) is 5.93. The maximum absolute atomic E-state index is 13.3. The second-order valence-corrected chi connectivity index (χ2v) is 8.55. The third-order valence-corrected chi connectivity index (χ3v) is 5.93. The van der Waals surface area contributed by atoms with Gasteiger partial charge in [0.15, 0.2) is 11.5 Å². The first-order chi connectivity index (χ1) is 16.7. The average Bonchev–Trinajstić information content (AvgIpc) is 3.36. The number of nitrogens with one attached hydrogen (secondary N) is 1. The molecule has 0 bridgehead atoms. The van der Waals surface area contributed by atoms with E-state index in [2.05, 4.69) is 4.98 Å². The van der Waals surface area contributed by atoms with Crippen LogP contribution in [-0.2, 0) is 14.4 Å². The van der Waals surface area contributed by atoms with Gasteiger partial charge in [-0.3, -0.25) is 14.4 Å². The number of carbonyl (C=O) groups excluding carboxylic acids is 3. The number of amides is 1. The Hall–Kier alpha value is -4.11. The maximum Gasteiger partial charge on any atom is 0.308 e. The van der Waals surface area contributed by atoms with E-state index < -0.39 is 23.7 Å². The van der Waals surface area contributed by atoms with Gasteiger partial charge in [-0.05, 0) is 37.9 Å². The number of benzene rings is 2. The number of aromatic nitrogens is 1. The fourth-order valence-corrected chi connectivity index (χ4v) is 4.28. The number of para-hydroxylation sites is 1. The number of aromatic amines is 1. The van der Waals surface area contributed by atoms with Crippen LogP contribution in [0.3, 0.4) is 0 Å². The van der Waals surface area contributed by atoms with Gasteiger partial charge in [0.25, 0.3) is 11.7 Å². The van der Waals surface area contributed by atoms with Crippen molar-refractivity contribution in [1.82, 2.24) is 14.8 Å². The second kappa shape index (κ2) is 9.63. The minimum atomic E-state index is -0.885. The number of H-pyrrole nitrogens is 1. The lowest BCUT2D eigenvalue weighted by Crippen LogP contribution is -2.35. The predicted octanol–water partition coefficient (Wildman–Crippen LogP) is 3.09. The first-order valence-corrected chi connectivity index (χ1v) is 11.1. The summed E-state index contributed by atoms with van der Waals surface area (Å²) in [5.74, 6) is -1.82. The van der Waals surface area contributed by atoms with Gasteiger partial charge in [-0.1, -0.05) is 24.3 Å². The minimum absolute atomic E-state index is 0.0301. The van der Waals surface area contributed by atoms with Gasteiger partial charge in [-0.15, -0.1) is 0 Å². The minimum Gasteiger partial charge on any atom is -0.507 e. The molecule has 2 aromatic carbocycles. The Kier molecular flexibility index (Phi) is 6.61. The fourth-order valence-electron chi connectivity index (χ4n) is 4.28. The van der Waals surface area contributed by atoms with Crippen molar-refractivity contribution in [1.29, 1.82) is 0 Å². The van der Waals surface area contributed by atoms with Crippen molar-refractivity contribution in [2.75, 3.05) is 34.3 Å². The van der Waals surface area contributed by atoms with Crippen LogP contribution >= 0.6 is 0 Å². The van der Waals surface area contributed by atoms with Crippen LogP contribution in [0.2, 0.25) is 0 Å². The Bertz CT molecular complexity index is 1340. The van der Waals surface area contributed by atoms with Gasteiger partial charge in [-0.2, -0.15) is 0 Å². The molecule has 4 rings (SSSR count). The van der Waals surface area contributed by atoms with E-state index in [4.69, 9.17) is 9.47 Å². The Balaban J connectivity index is 1.91. The second-order valence-electron chi connectivity index (χ2n) is 8.55. The van der Waals surface area contributed by atoms with Gasteiger partial charge in [-0.25, -0.2) is 0 Å². The number of likely N-dealkylation sites (tertiary alicyclic amines) is 1. The quantitative estimate of drug-likeness (QED) is 0.177. The van der Waals surface area contributed by atoms with E-state index in [1.165, 1.54) is 18.9 Å². The van der Waals surface area contributed by atoms with Gasteiger partial charge >= 0.3 is 5.97 Å². The molecular weight excluding hydrogens is 450 g/mol. The number of methoxy groups -OCH3 is 1. The molecule has 1 aliphatic heterocycles. The van der Waals surface area contributed by atoms with Crippen molar-refractivity contribution in [2.24, 2.45) is 0 Å². The van der Waals surface area contributed by atoms with E-state index in [-0.39, 0.29) is 23.6 Å². The molecule has 1 saturated heterocycles. The number of carbonyl (C=O) groups is 3. The molecule has 1 unspecified atom stereocenters. The molecule has 0 spiro atoms. The summed E-state index contributed by atoms with van der Waals surface area (Å²) in [6, 6.07) is 11.3. The number of aliphatic hydroxyl groups is 1. The molecule has 9 heteroatoms. The van der Waals surface area contributed by atoms with Gasteiger partial charge in [0.1, 0.15) is 5.76 Å². The van der Waals surface area contributed by atoms with E-state index in [0.29, 0.717) is 23.4 Å². The number of fused-ring (bicyclic) bond motifs is 1. The van der Waals surface area contributed by atoms with E-state index in [1.54, 1.807) is 24.4 Å². The Labute approximate surface area is 202 Å². The molecule has 2 heterocycles. The lowest BCUT2D eigenvalue weighted by Gasteiger charge is -2.27. The van der Waals surface area contributed by atoms with E-state index >= 15 is 0 Å². The molecule has 9 nitrogen and oxygen atoms in total. The number of aliphatic hydroxyl groups excluding tert-OH is 1. The van der Waals surface area contributed by atoms with Crippen LogP contribution in [0, 0.1) is 0 Å². The number of ketones is 1. The van der Waals surface area contributed by atoms with Crippen molar-refractivity contribution < 1.29 is 29.0 Å². The third kappa shape index (κ3) is 4.50. The summed E-state index contributed by atoms with van der Waals surface area (Å²) in [7, 11) is 5.18. The largest absolute Gasteiger partial charge is 0.507 e. The molecule has 35 heavy (non-hydrogen) atoms. The predicted molar refractivity (Wildman–Crippen MR) is 130 cm³/mol.